The van der Waals surface area contributed by atoms with Crippen LogP contribution in [0.25, 0.3) is 22.2 Å². The molecule has 0 spiro atoms. The highest BCUT2D eigenvalue weighted by atomic mass is 79.9. The molecule has 3 rings (SSSR count). The third kappa shape index (κ3) is 3.97. The Morgan fingerprint density at radius 3 is 2.71 bits per heavy atom. The maximum absolute atomic E-state index is 11.7. The minimum Gasteiger partial charge on any atom is -0.545 e. The van der Waals surface area contributed by atoms with Crippen LogP contribution in [0.5, 0.6) is 11.5 Å². The number of carbonyl (C=O) groups excluding carboxylic acids is 1. The van der Waals surface area contributed by atoms with Gasteiger partial charge in [0.15, 0.2) is 11.5 Å². The number of carbonyl (C=O) groups is 1. The van der Waals surface area contributed by atoms with Gasteiger partial charge in [0.1, 0.15) is 0 Å². The number of halogens is 1. The number of carboxylic acid groups (broad SMARTS) is 1. The van der Waals surface area contributed by atoms with Gasteiger partial charge in [-0.1, -0.05) is 31.5 Å². The van der Waals surface area contributed by atoms with Gasteiger partial charge < -0.3 is 19.4 Å². The van der Waals surface area contributed by atoms with E-state index in [1.807, 2.05) is 25.1 Å². The minimum atomic E-state index is -1.23. The Bertz CT molecular complexity index is 1030. The number of aromatic nitrogens is 1. The molecule has 3 aromatic rings. The number of pyridine rings is 1. The molecule has 6 heteroatoms. The van der Waals surface area contributed by atoms with E-state index in [0.29, 0.717) is 34.7 Å². The van der Waals surface area contributed by atoms with Crippen LogP contribution in [0.15, 0.2) is 40.9 Å². The number of nitrogens with zero attached hydrogens (tertiary/aromatic N) is 1. The van der Waals surface area contributed by atoms with Crippen molar-refractivity contribution in [2.75, 3.05) is 13.7 Å². The third-order valence-corrected chi connectivity index (χ3v) is 5.12. The summed E-state index contributed by atoms with van der Waals surface area (Å²) in [5, 5.41) is 12.3. The van der Waals surface area contributed by atoms with E-state index in [-0.39, 0.29) is 5.56 Å². The maximum atomic E-state index is 11.7. The van der Waals surface area contributed by atoms with E-state index in [0.717, 1.165) is 28.4 Å². The lowest BCUT2D eigenvalue weighted by Gasteiger charge is -2.16. The molecule has 146 valence electrons. The van der Waals surface area contributed by atoms with Gasteiger partial charge in [-0.25, -0.2) is 4.98 Å². The first-order chi connectivity index (χ1) is 13.5. The average Bonchev–Trinajstić information content (AvgIpc) is 2.68. The van der Waals surface area contributed by atoms with Crippen molar-refractivity contribution in [3.63, 3.8) is 0 Å². The molecule has 0 aliphatic carbocycles. The second-order valence-electron chi connectivity index (χ2n) is 6.51. The molecule has 1 aromatic heterocycles. The van der Waals surface area contributed by atoms with E-state index >= 15 is 0 Å². The van der Waals surface area contributed by atoms with Crippen LogP contribution in [0.3, 0.4) is 0 Å². The van der Waals surface area contributed by atoms with E-state index in [1.165, 1.54) is 6.07 Å². The Morgan fingerprint density at radius 2 is 2.04 bits per heavy atom. The predicted molar refractivity (Wildman–Crippen MR) is 111 cm³/mol. The second kappa shape index (κ2) is 8.61. The van der Waals surface area contributed by atoms with Gasteiger partial charge in [-0.2, -0.15) is 0 Å². The van der Waals surface area contributed by atoms with Crippen LogP contribution in [0.4, 0.5) is 0 Å². The van der Waals surface area contributed by atoms with E-state index in [1.54, 1.807) is 19.2 Å². The molecule has 0 fully saturated rings. The summed E-state index contributed by atoms with van der Waals surface area (Å²) < 4.78 is 12.1. The molecule has 0 aliphatic heterocycles. The van der Waals surface area contributed by atoms with E-state index in [4.69, 9.17) is 14.5 Å². The molecule has 28 heavy (non-hydrogen) atoms. The molecule has 0 amide bonds. The molecule has 0 bridgehead atoms. The second-order valence-corrected chi connectivity index (χ2v) is 7.36. The zero-order chi connectivity index (χ0) is 20.3. The molecular formula is C22H21BrNO4-. The lowest BCUT2D eigenvalue weighted by molar-refractivity contribution is -0.254. The predicted octanol–water partition coefficient (Wildman–Crippen LogP) is 4.52. The van der Waals surface area contributed by atoms with Crippen molar-refractivity contribution in [2.45, 2.75) is 26.7 Å². The molecule has 0 radical (unpaired) electrons. The molecule has 0 N–H and O–H groups in total. The molecular weight excluding hydrogens is 422 g/mol. The van der Waals surface area contributed by atoms with E-state index in [2.05, 4.69) is 22.9 Å². The Kier molecular flexibility index (Phi) is 6.19. The number of carboxylic acids is 1. The standard InChI is InChI=1S/C22H22BrNO4/c1-4-5-9-28-21-17(23)10-14(11-19(21)27-3)18-12-16(22(25)26)15-8-6-7-13(2)20(15)24-18/h6-8,10-12H,4-5,9H2,1-3H3,(H,25,26)/p-1. The van der Waals surface area contributed by atoms with Crippen molar-refractivity contribution in [2.24, 2.45) is 0 Å². The highest BCUT2D eigenvalue weighted by Gasteiger charge is 2.16. The molecule has 0 aliphatic rings. The quantitative estimate of drug-likeness (QED) is 0.502. The number of rotatable bonds is 7. The van der Waals surface area contributed by atoms with Crippen LogP contribution < -0.4 is 14.6 Å². The van der Waals surface area contributed by atoms with Crippen molar-refractivity contribution < 1.29 is 19.4 Å². The van der Waals surface area contributed by atoms with Gasteiger partial charge in [0, 0.05) is 16.5 Å². The summed E-state index contributed by atoms with van der Waals surface area (Å²) in [6, 6.07) is 10.7. The summed E-state index contributed by atoms with van der Waals surface area (Å²) in [5.74, 6) is -0.0521. The number of ether oxygens (including phenoxy) is 2. The first kappa shape index (κ1) is 20.1. The molecule has 2 aromatic carbocycles. The van der Waals surface area contributed by atoms with Gasteiger partial charge in [-0.05, 0) is 53.0 Å². The van der Waals surface area contributed by atoms with Crippen LogP contribution in [0.2, 0.25) is 0 Å². The highest BCUT2D eigenvalue weighted by molar-refractivity contribution is 9.10. The third-order valence-electron chi connectivity index (χ3n) is 4.53. The summed E-state index contributed by atoms with van der Waals surface area (Å²) in [6.45, 7) is 4.59. The summed E-state index contributed by atoms with van der Waals surface area (Å²) in [4.78, 5) is 16.4. The van der Waals surface area contributed by atoms with Crippen LogP contribution in [-0.2, 0) is 0 Å². The number of fused-ring (bicyclic) bond motifs is 1. The molecule has 1 heterocycles. The number of aromatic carboxylic acids is 1. The number of para-hydroxylation sites is 1. The zero-order valence-electron chi connectivity index (χ0n) is 16.0. The first-order valence-corrected chi connectivity index (χ1v) is 9.88. The number of methoxy groups -OCH3 is 1. The lowest BCUT2D eigenvalue weighted by atomic mass is 10.0. The molecule has 0 saturated carbocycles. The van der Waals surface area contributed by atoms with Crippen molar-refractivity contribution in [1.82, 2.24) is 4.98 Å². The Hall–Kier alpha value is -2.60. The molecule has 0 unspecified atom stereocenters. The first-order valence-electron chi connectivity index (χ1n) is 9.08. The zero-order valence-corrected chi connectivity index (χ0v) is 17.6. The normalized spacial score (nSPS) is 10.9. The minimum absolute atomic E-state index is 0.113. The van der Waals surface area contributed by atoms with Crippen molar-refractivity contribution >= 4 is 32.8 Å². The molecule has 5 nitrogen and oxygen atoms in total. The van der Waals surface area contributed by atoms with Crippen molar-refractivity contribution in [3.05, 3.63) is 52.0 Å². The van der Waals surface area contributed by atoms with Crippen LogP contribution >= 0.6 is 15.9 Å². The largest absolute Gasteiger partial charge is 0.545 e. The average molecular weight is 443 g/mol. The van der Waals surface area contributed by atoms with Crippen LogP contribution in [0, 0.1) is 6.92 Å². The monoisotopic (exact) mass is 442 g/mol. The van der Waals surface area contributed by atoms with Gasteiger partial charge in [-0.15, -0.1) is 0 Å². The fraction of sp³-hybridized carbons (Fsp3) is 0.273. The SMILES string of the molecule is CCCCOc1c(Br)cc(-c2cc(C(=O)[O-])c3cccc(C)c3n2)cc1OC. The number of hydrogen-bond donors (Lipinski definition) is 0. The van der Waals surface area contributed by atoms with Crippen LogP contribution in [-0.4, -0.2) is 24.7 Å². The summed E-state index contributed by atoms with van der Waals surface area (Å²) in [6.07, 6.45) is 1.97. The molecule has 0 atom stereocenters. The number of benzene rings is 2. The summed E-state index contributed by atoms with van der Waals surface area (Å²) >= 11 is 3.54. The number of unbranched alkanes of at least 4 members (excludes halogenated alkanes) is 1. The van der Waals surface area contributed by atoms with Crippen molar-refractivity contribution in [1.29, 1.82) is 0 Å². The Labute approximate surface area is 172 Å². The van der Waals surface area contributed by atoms with Crippen molar-refractivity contribution in [3.8, 4) is 22.8 Å². The topological polar surface area (TPSA) is 71.5 Å². The Morgan fingerprint density at radius 1 is 1.25 bits per heavy atom. The molecule has 0 saturated heterocycles. The van der Waals surface area contributed by atoms with Gasteiger partial charge in [0.25, 0.3) is 0 Å². The fourth-order valence-electron chi connectivity index (χ4n) is 3.04. The maximum Gasteiger partial charge on any atom is 0.175 e. The highest BCUT2D eigenvalue weighted by Crippen LogP contribution is 2.40. The lowest BCUT2D eigenvalue weighted by Crippen LogP contribution is -2.22. The summed E-state index contributed by atoms with van der Waals surface area (Å²) in [5.41, 5.74) is 2.89. The van der Waals surface area contributed by atoms with Gasteiger partial charge in [0.05, 0.1) is 35.4 Å². The van der Waals surface area contributed by atoms with Gasteiger partial charge in [-0.3, -0.25) is 0 Å². The fourth-order valence-corrected chi connectivity index (χ4v) is 3.59. The van der Waals surface area contributed by atoms with E-state index in [9.17, 15) is 9.90 Å². The number of aryl methyl sites for hydroxylation is 1. The Balaban J connectivity index is 2.15. The number of hydrogen-bond acceptors (Lipinski definition) is 5. The summed E-state index contributed by atoms with van der Waals surface area (Å²) in [7, 11) is 1.57. The van der Waals surface area contributed by atoms with Gasteiger partial charge in [0.2, 0.25) is 0 Å². The smallest absolute Gasteiger partial charge is 0.175 e. The van der Waals surface area contributed by atoms with Gasteiger partial charge >= 0.3 is 0 Å². The van der Waals surface area contributed by atoms with Crippen LogP contribution in [0.1, 0.15) is 35.7 Å². The van der Waals surface area contributed by atoms with E-state index < -0.39 is 5.97 Å².